The monoisotopic (exact) mass is 251 g/mol. The molecule has 1 aliphatic heterocycles. The van der Waals surface area contributed by atoms with Crippen LogP contribution in [-0.2, 0) is 9.53 Å². The number of hydrogen-bond donors (Lipinski definition) is 1. The first-order valence-electron chi connectivity index (χ1n) is 5.09. The standard InChI is InChI=1S/C12H10ClNO3/c13-9-3-1-8(2-4-9)10(15)7-11-12(16)14-5-6-17-11/h1-4,7H,5-6H2,(H,14,16)/b11-7+. The molecule has 0 radical (unpaired) electrons. The minimum absolute atomic E-state index is 0.0520. The van der Waals surface area contributed by atoms with Gasteiger partial charge in [0.1, 0.15) is 6.61 Å². The van der Waals surface area contributed by atoms with Crippen molar-refractivity contribution in [3.63, 3.8) is 0 Å². The van der Waals surface area contributed by atoms with Crippen molar-refractivity contribution in [3.05, 3.63) is 46.7 Å². The van der Waals surface area contributed by atoms with E-state index < -0.39 is 0 Å². The fourth-order valence-corrected chi connectivity index (χ4v) is 1.53. The number of nitrogens with one attached hydrogen (secondary N) is 1. The highest BCUT2D eigenvalue weighted by molar-refractivity contribution is 6.30. The molecule has 1 aromatic rings. The first-order valence-corrected chi connectivity index (χ1v) is 5.47. The lowest BCUT2D eigenvalue weighted by Gasteiger charge is -2.15. The number of amides is 1. The van der Waals surface area contributed by atoms with Crippen molar-refractivity contribution in [2.45, 2.75) is 0 Å². The minimum atomic E-state index is -0.362. The molecule has 0 unspecified atom stereocenters. The van der Waals surface area contributed by atoms with Crippen LogP contribution in [0.4, 0.5) is 0 Å². The number of ether oxygens (including phenoxy) is 1. The van der Waals surface area contributed by atoms with Gasteiger partial charge in [-0.15, -0.1) is 0 Å². The molecule has 0 spiro atoms. The van der Waals surface area contributed by atoms with Crippen LogP contribution < -0.4 is 5.32 Å². The van der Waals surface area contributed by atoms with Crippen LogP contribution in [0.2, 0.25) is 5.02 Å². The smallest absolute Gasteiger partial charge is 0.286 e. The predicted molar refractivity (Wildman–Crippen MR) is 62.8 cm³/mol. The van der Waals surface area contributed by atoms with Gasteiger partial charge in [0.2, 0.25) is 0 Å². The second kappa shape index (κ2) is 5.01. The van der Waals surface area contributed by atoms with Gasteiger partial charge in [-0.1, -0.05) is 11.6 Å². The maximum atomic E-state index is 11.8. The first-order chi connectivity index (χ1) is 8.16. The van der Waals surface area contributed by atoms with Crippen molar-refractivity contribution in [2.75, 3.05) is 13.2 Å². The van der Waals surface area contributed by atoms with Gasteiger partial charge in [0.25, 0.3) is 5.91 Å². The molecular formula is C12H10ClNO3. The summed E-state index contributed by atoms with van der Waals surface area (Å²) in [5.41, 5.74) is 0.462. The Labute approximate surface area is 103 Å². The lowest BCUT2D eigenvalue weighted by molar-refractivity contribution is -0.123. The van der Waals surface area contributed by atoms with E-state index in [2.05, 4.69) is 5.32 Å². The highest BCUT2D eigenvalue weighted by Crippen LogP contribution is 2.12. The third kappa shape index (κ3) is 2.85. The Morgan fingerprint density at radius 2 is 2.06 bits per heavy atom. The van der Waals surface area contributed by atoms with Crippen LogP contribution in [0.3, 0.4) is 0 Å². The molecule has 0 aromatic heterocycles. The van der Waals surface area contributed by atoms with Gasteiger partial charge in [-0.3, -0.25) is 9.59 Å². The molecule has 4 nitrogen and oxygen atoms in total. The van der Waals surface area contributed by atoms with Crippen molar-refractivity contribution >= 4 is 23.3 Å². The normalized spacial score (nSPS) is 17.5. The summed E-state index contributed by atoms with van der Waals surface area (Å²) in [6, 6.07) is 6.44. The van der Waals surface area contributed by atoms with Crippen molar-refractivity contribution in [1.29, 1.82) is 0 Å². The van der Waals surface area contributed by atoms with E-state index in [0.717, 1.165) is 0 Å². The van der Waals surface area contributed by atoms with E-state index in [1.165, 1.54) is 6.08 Å². The Morgan fingerprint density at radius 1 is 1.35 bits per heavy atom. The second-order valence-corrected chi connectivity index (χ2v) is 3.92. The van der Waals surface area contributed by atoms with Crippen molar-refractivity contribution < 1.29 is 14.3 Å². The summed E-state index contributed by atoms with van der Waals surface area (Å²) >= 11 is 5.72. The fraction of sp³-hybridized carbons (Fsp3) is 0.167. The predicted octanol–water partition coefficient (Wildman–Crippen LogP) is 1.55. The van der Waals surface area contributed by atoms with Crippen molar-refractivity contribution in [1.82, 2.24) is 5.32 Å². The van der Waals surface area contributed by atoms with E-state index in [9.17, 15) is 9.59 Å². The lowest BCUT2D eigenvalue weighted by Crippen LogP contribution is -2.35. The molecule has 1 saturated heterocycles. The summed E-state index contributed by atoms with van der Waals surface area (Å²) in [6.07, 6.45) is 1.19. The molecule has 1 amide bonds. The topological polar surface area (TPSA) is 55.4 Å². The molecule has 0 aliphatic carbocycles. The van der Waals surface area contributed by atoms with Crippen LogP contribution in [0.5, 0.6) is 0 Å². The Bertz CT molecular complexity index is 479. The third-order valence-corrected chi connectivity index (χ3v) is 2.51. The third-order valence-electron chi connectivity index (χ3n) is 2.26. The molecule has 1 aromatic carbocycles. The highest BCUT2D eigenvalue weighted by Gasteiger charge is 2.17. The van der Waals surface area contributed by atoms with Crippen molar-refractivity contribution in [2.24, 2.45) is 0 Å². The average Bonchev–Trinajstić information content (AvgIpc) is 2.33. The summed E-state index contributed by atoms with van der Waals surface area (Å²) < 4.78 is 5.11. The highest BCUT2D eigenvalue weighted by atomic mass is 35.5. The van der Waals surface area contributed by atoms with Crippen LogP contribution in [0.15, 0.2) is 36.1 Å². The Hall–Kier alpha value is -1.81. The largest absolute Gasteiger partial charge is 0.486 e. The average molecular weight is 252 g/mol. The molecule has 88 valence electrons. The maximum Gasteiger partial charge on any atom is 0.286 e. The number of hydrogen-bond acceptors (Lipinski definition) is 3. The van der Waals surface area contributed by atoms with Gasteiger partial charge in [0, 0.05) is 16.7 Å². The fourth-order valence-electron chi connectivity index (χ4n) is 1.40. The molecule has 1 heterocycles. The number of carbonyl (C=O) groups is 2. The molecule has 1 fully saturated rings. The maximum absolute atomic E-state index is 11.8. The zero-order valence-electron chi connectivity index (χ0n) is 8.90. The first kappa shape index (κ1) is 11.7. The van der Waals surface area contributed by atoms with E-state index in [-0.39, 0.29) is 17.4 Å². The summed E-state index contributed by atoms with van der Waals surface area (Å²) in [5.74, 6) is -0.594. The quantitative estimate of drug-likeness (QED) is 0.641. The van der Waals surface area contributed by atoms with Gasteiger partial charge in [-0.2, -0.15) is 0 Å². The Balaban J connectivity index is 2.17. The molecule has 0 bridgehead atoms. The van der Waals surface area contributed by atoms with Crippen LogP contribution >= 0.6 is 11.6 Å². The van der Waals surface area contributed by atoms with E-state index in [0.29, 0.717) is 23.7 Å². The van der Waals surface area contributed by atoms with Gasteiger partial charge in [0.05, 0.1) is 6.54 Å². The molecule has 5 heteroatoms. The SMILES string of the molecule is O=C1NCCO/C1=C/C(=O)c1ccc(Cl)cc1. The van der Waals surface area contributed by atoms with Crippen molar-refractivity contribution in [3.8, 4) is 0 Å². The Kier molecular flexibility index (Phi) is 3.44. The van der Waals surface area contributed by atoms with Crippen LogP contribution in [0.25, 0.3) is 0 Å². The summed E-state index contributed by atoms with van der Waals surface area (Å²) in [4.78, 5) is 23.1. The van der Waals surface area contributed by atoms with Crippen LogP contribution in [0, 0.1) is 0 Å². The zero-order valence-corrected chi connectivity index (χ0v) is 9.66. The van der Waals surface area contributed by atoms with Gasteiger partial charge >= 0.3 is 0 Å². The number of benzene rings is 1. The molecule has 2 rings (SSSR count). The molecule has 0 saturated carbocycles. The molecule has 0 atom stereocenters. The van der Waals surface area contributed by atoms with Gasteiger partial charge in [0.15, 0.2) is 11.5 Å². The number of halogens is 1. The number of rotatable bonds is 2. The lowest BCUT2D eigenvalue weighted by atomic mass is 10.1. The van der Waals surface area contributed by atoms with E-state index >= 15 is 0 Å². The summed E-state index contributed by atoms with van der Waals surface area (Å²) in [6.45, 7) is 0.844. The molecule has 1 aliphatic rings. The summed E-state index contributed by atoms with van der Waals surface area (Å²) in [5, 5.41) is 3.15. The summed E-state index contributed by atoms with van der Waals surface area (Å²) in [7, 11) is 0. The number of carbonyl (C=O) groups excluding carboxylic acids is 2. The number of ketones is 1. The van der Waals surface area contributed by atoms with E-state index in [4.69, 9.17) is 16.3 Å². The Morgan fingerprint density at radius 3 is 2.71 bits per heavy atom. The number of morpholine rings is 1. The van der Waals surface area contributed by atoms with Gasteiger partial charge in [-0.25, -0.2) is 0 Å². The molecule has 1 N–H and O–H groups in total. The zero-order chi connectivity index (χ0) is 12.3. The van der Waals surface area contributed by atoms with E-state index in [1.54, 1.807) is 24.3 Å². The molecular weight excluding hydrogens is 242 g/mol. The van der Waals surface area contributed by atoms with Crippen LogP contribution in [-0.4, -0.2) is 24.8 Å². The van der Waals surface area contributed by atoms with Crippen LogP contribution in [0.1, 0.15) is 10.4 Å². The van der Waals surface area contributed by atoms with Gasteiger partial charge in [-0.05, 0) is 24.3 Å². The van der Waals surface area contributed by atoms with Gasteiger partial charge < -0.3 is 10.1 Å². The van der Waals surface area contributed by atoms with E-state index in [1.807, 2.05) is 0 Å². The minimum Gasteiger partial charge on any atom is -0.486 e. The second-order valence-electron chi connectivity index (χ2n) is 3.48. The number of allylic oxidation sites excluding steroid dienone is 1. The molecule has 17 heavy (non-hydrogen) atoms.